The third-order valence-electron chi connectivity index (χ3n) is 6.43. The van der Waals surface area contributed by atoms with Gasteiger partial charge in [-0.1, -0.05) is 81.4 Å². The molecule has 0 unspecified atom stereocenters. The number of hydrogen-bond donors (Lipinski definition) is 0. The molecular formula is C33H29IrN2-. The maximum Gasteiger partial charge on any atom is 0.0704 e. The Hall–Kier alpha value is -3.39. The molecule has 6 rings (SSSR count). The van der Waals surface area contributed by atoms with E-state index in [2.05, 4.69) is 104 Å². The van der Waals surface area contributed by atoms with E-state index in [4.69, 9.17) is 0 Å². The molecule has 0 saturated heterocycles. The van der Waals surface area contributed by atoms with Gasteiger partial charge in [-0.2, -0.15) is 0 Å². The van der Waals surface area contributed by atoms with E-state index in [1.54, 1.807) is 0 Å². The molecule has 0 amide bonds. The van der Waals surface area contributed by atoms with Gasteiger partial charge in [0.1, 0.15) is 0 Å². The smallest absolute Gasteiger partial charge is 0.0704 e. The van der Waals surface area contributed by atoms with Gasteiger partial charge in [0.2, 0.25) is 0 Å². The van der Waals surface area contributed by atoms with Crippen LogP contribution in [-0.2, 0) is 25.5 Å². The van der Waals surface area contributed by atoms with Crippen molar-refractivity contribution in [1.82, 2.24) is 9.97 Å². The molecule has 0 spiro atoms. The van der Waals surface area contributed by atoms with E-state index in [1.807, 2.05) is 42.7 Å². The Morgan fingerprint density at radius 3 is 2.25 bits per heavy atom. The van der Waals surface area contributed by atoms with Crippen molar-refractivity contribution in [2.45, 2.75) is 33.1 Å². The van der Waals surface area contributed by atoms with Gasteiger partial charge in [0.05, 0.1) is 5.69 Å². The minimum absolute atomic E-state index is 0. The zero-order valence-electron chi connectivity index (χ0n) is 21.0. The SMILES string of the molecule is Cc1cc(C(C)(C)C)ccc1-c1ccccn1.[Ir].[c-]1cccc2ccc3c4ccccc4cnc3c12. The number of aryl methyl sites for hydroxylation is 1. The third-order valence-corrected chi connectivity index (χ3v) is 6.43. The molecule has 181 valence electrons. The fourth-order valence-corrected chi connectivity index (χ4v) is 4.46. The molecule has 36 heavy (non-hydrogen) atoms. The summed E-state index contributed by atoms with van der Waals surface area (Å²) in [6.45, 7) is 8.87. The van der Waals surface area contributed by atoms with Gasteiger partial charge in [0.15, 0.2) is 0 Å². The molecule has 0 aliphatic heterocycles. The van der Waals surface area contributed by atoms with Gasteiger partial charge >= 0.3 is 0 Å². The van der Waals surface area contributed by atoms with Crippen LogP contribution < -0.4 is 0 Å². The second-order valence-electron chi connectivity index (χ2n) is 9.94. The number of benzene rings is 4. The van der Waals surface area contributed by atoms with Crippen LogP contribution in [0.15, 0.2) is 103 Å². The molecule has 0 atom stereocenters. The van der Waals surface area contributed by atoms with Crippen molar-refractivity contribution < 1.29 is 20.1 Å². The van der Waals surface area contributed by atoms with Crippen molar-refractivity contribution in [3.8, 4) is 11.3 Å². The topological polar surface area (TPSA) is 25.8 Å². The van der Waals surface area contributed by atoms with Crippen LogP contribution in [-0.4, -0.2) is 9.97 Å². The Bertz CT molecular complexity index is 1560. The Morgan fingerprint density at radius 1 is 0.722 bits per heavy atom. The summed E-state index contributed by atoms with van der Waals surface area (Å²) in [7, 11) is 0. The van der Waals surface area contributed by atoms with Crippen LogP contribution in [0.3, 0.4) is 0 Å². The largest absolute Gasteiger partial charge is 0.303 e. The van der Waals surface area contributed by atoms with Crippen molar-refractivity contribution in [2.75, 3.05) is 0 Å². The molecular weight excluding hydrogens is 617 g/mol. The fourth-order valence-electron chi connectivity index (χ4n) is 4.46. The number of nitrogens with zero attached hydrogens (tertiary/aromatic N) is 2. The summed E-state index contributed by atoms with van der Waals surface area (Å²) >= 11 is 0. The summed E-state index contributed by atoms with van der Waals surface area (Å²) < 4.78 is 0. The average Bonchev–Trinajstić information content (AvgIpc) is 2.88. The Morgan fingerprint density at radius 2 is 1.50 bits per heavy atom. The second kappa shape index (κ2) is 10.7. The van der Waals surface area contributed by atoms with E-state index in [0.717, 1.165) is 16.6 Å². The zero-order valence-corrected chi connectivity index (χ0v) is 23.4. The molecule has 0 aliphatic rings. The first kappa shape index (κ1) is 25.7. The van der Waals surface area contributed by atoms with Gasteiger partial charge in [-0.25, -0.2) is 0 Å². The summed E-state index contributed by atoms with van der Waals surface area (Å²) in [4.78, 5) is 9.01. The minimum atomic E-state index is 0. The molecule has 0 bridgehead atoms. The van der Waals surface area contributed by atoms with E-state index in [9.17, 15) is 0 Å². The standard InChI is InChI=1S/C17H10N.C16H19N.Ir/c1-4-8-15-12(5-1)9-10-16-14-7-3-2-6-13(14)11-18-17(15)16;1-12-11-13(16(2,3)4)8-9-14(12)15-7-5-6-10-17-15;/h1-7,9-11H;5-11H,1-4H3;/q-1;;. The van der Waals surface area contributed by atoms with Crippen molar-refractivity contribution >= 4 is 32.4 Å². The van der Waals surface area contributed by atoms with E-state index in [-0.39, 0.29) is 25.5 Å². The van der Waals surface area contributed by atoms with Gasteiger partial charge < -0.3 is 4.98 Å². The number of rotatable bonds is 1. The first-order chi connectivity index (χ1) is 16.9. The van der Waals surface area contributed by atoms with Gasteiger partial charge in [-0.3, -0.25) is 4.98 Å². The Balaban J connectivity index is 0.000000165. The monoisotopic (exact) mass is 646 g/mol. The van der Waals surface area contributed by atoms with E-state index in [0.29, 0.717) is 0 Å². The average molecular weight is 646 g/mol. The molecule has 0 fully saturated rings. The molecule has 2 heterocycles. The molecule has 1 radical (unpaired) electrons. The first-order valence-corrected chi connectivity index (χ1v) is 12.0. The molecule has 2 aromatic heterocycles. The summed E-state index contributed by atoms with van der Waals surface area (Å²) in [5, 5.41) is 5.92. The van der Waals surface area contributed by atoms with Crippen molar-refractivity contribution in [2.24, 2.45) is 0 Å². The fraction of sp³-hybridized carbons (Fsp3) is 0.152. The Labute approximate surface area is 226 Å². The summed E-state index contributed by atoms with van der Waals surface area (Å²) in [6.07, 6.45) is 3.78. The maximum atomic E-state index is 4.61. The van der Waals surface area contributed by atoms with Gasteiger partial charge in [0.25, 0.3) is 0 Å². The third kappa shape index (κ3) is 5.23. The summed E-state index contributed by atoms with van der Waals surface area (Å²) in [5.41, 5.74) is 6.16. The van der Waals surface area contributed by atoms with Crippen LogP contribution in [0.1, 0.15) is 31.9 Å². The maximum absolute atomic E-state index is 4.61. The quantitative estimate of drug-likeness (QED) is 0.132. The molecule has 0 N–H and O–H groups in total. The molecule has 6 aromatic rings. The van der Waals surface area contributed by atoms with Gasteiger partial charge in [-0.15, -0.1) is 35.0 Å². The molecule has 4 aromatic carbocycles. The molecule has 3 heteroatoms. The first-order valence-electron chi connectivity index (χ1n) is 12.0. The van der Waals surface area contributed by atoms with Gasteiger partial charge in [-0.05, 0) is 57.3 Å². The second-order valence-corrected chi connectivity index (χ2v) is 9.94. The van der Waals surface area contributed by atoms with Crippen molar-refractivity contribution in [1.29, 1.82) is 0 Å². The molecule has 0 aliphatic carbocycles. The number of hydrogen-bond acceptors (Lipinski definition) is 2. The van der Waals surface area contributed by atoms with E-state index < -0.39 is 0 Å². The van der Waals surface area contributed by atoms with E-state index >= 15 is 0 Å². The zero-order chi connectivity index (χ0) is 24.4. The van der Waals surface area contributed by atoms with Crippen LogP contribution >= 0.6 is 0 Å². The number of pyridine rings is 2. The van der Waals surface area contributed by atoms with Crippen LogP contribution in [0.25, 0.3) is 43.7 Å². The molecule has 2 nitrogen and oxygen atoms in total. The Kier molecular flexibility index (Phi) is 7.64. The predicted molar refractivity (Wildman–Crippen MR) is 149 cm³/mol. The number of aromatic nitrogens is 2. The summed E-state index contributed by atoms with van der Waals surface area (Å²) in [5.74, 6) is 0. The van der Waals surface area contributed by atoms with Crippen LogP contribution in [0.5, 0.6) is 0 Å². The van der Waals surface area contributed by atoms with Gasteiger partial charge in [0, 0.05) is 38.1 Å². The van der Waals surface area contributed by atoms with Crippen molar-refractivity contribution in [3.63, 3.8) is 0 Å². The van der Waals surface area contributed by atoms with Crippen LogP contribution in [0, 0.1) is 13.0 Å². The van der Waals surface area contributed by atoms with Crippen LogP contribution in [0.4, 0.5) is 0 Å². The van der Waals surface area contributed by atoms with Crippen molar-refractivity contribution in [3.05, 3.63) is 121 Å². The van der Waals surface area contributed by atoms with Crippen LogP contribution in [0.2, 0.25) is 0 Å². The minimum Gasteiger partial charge on any atom is -0.303 e. The predicted octanol–water partition coefficient (Wildman–Crippen LogP) is 8.69. The normalized spacial score (nSPS) is 11.1. The van der Waals surface area contributed by atoms with E-state index in [1.165, 1.54) is 38.2 Å². The molecule has 0 saturated carbocycles. The number of fused-ring (bicyclic) bond motifs is 5. The summed E-state index contributed by atoms with van der Waals surface area (Å²) in [6, 6.07) is 34.7.